The standard InChI is InChI=1S/C24H27N5O2/c1-24(2,3)19-16-21(29(27-19)20-8-4-6-14-25-20)26-23(31)17-10-12-18(13-11-17)28-15-7-5-9-22(28)30/h4,6,8,10-14,16H,5,7,9,15H2,1-3H3,(H,26,31). The summed E-state index contributed by atoms with van der Waals surface area (Å²) < 4.78 is 1.65. The molecule has 0 aliphatic carbocycles. The highest BCUT2D eigenvalue weighted by molar-refractivity contribution is 6.04. The fourth-order valence-electron chi connectivity index (χ4n) is 3.55. The van der Waals surface area contributed by atoms with Gasteiger partial charge in [-0.05, 0) is 49.2 Å². The normalized spacial score (nSPS) is 14.5. The highest BCUT2D eigenvalue weighted by Crippen LogP contribution is 2.26. The molecule has 1 fully saturated rings. The quantitative estimate of drug-likeness (QED) is 0.685. The zero-order valence-corrected chi connectivity index (χ0v) is 18.1. The average Bonchev–Trinajstić information content (AvgIpc) is 3.19. The van der Waals surface area contributed by atoms with Crippen LogP contribution in [0.4, 0.5) is 11.5 Å². The molecule has 4 rings (SSSR count). The van der Waals surface area contributed by atoms with Crippen molar-refractivity contribution in [2.75, 3.05) is 16.8 Å². The monoisotopic (exact) mass is 417 g/mol. The number of nitrogens with one attached hydrogen (secondary N) is 1. The van der Waals surface area contributed by atoms with Gasteiger partial charge in [-0.15, -0.1) is 0 Å². The first-order valence-electron chi connectivity index (χ1n) is 10.6. The number of amides is 2. The Morgan fingerprint density at radius 1 is 1.06 bits per heavy atom. The summed E-state index contributed by atoms with van der Waals surface area (Å²) >= 11 is 0. The lowest BCUT2D eigenvalue weighted by Gasteiger charge is -2.26. The predicted molar refractivity (Wildman–Crippen MR) is 121 cm³/mol. The number of nitrogens with zero attached hydrogens (tertiary/aromatic N) is 4. The Kier molecular flexibility index (Phi) is 5.59. The number of benzene rings is 1. The van der Waals surface area contributed by atoms with E-state index in [9.17, 15) is 9.59 Å². The lowest BCUT2D eigenvalue weighted by Crippen LogP contribution is -2.35. The van der Waals surface area contributed by atoms with E-state index in [4.69, 9.17) is 0 Å². The molecule has 3 aromatic rings. The van der Waals surface area contributed by atoms with E-state index in [1.807, 2.05) is 36.4 Å². The van der Waals surface area contributed by atoms with Gasteiger partial charge in [0.15, 0.2) is 5.82 Å². The van der Waals surface area contributed by atoms with Crippen LogP contribution in [-0.2, 0) is 10.2 Å². The van der Waals surface area contributed by atoms with Crippen LogP contribution < -0.4 is 10.2 Å². The van der Waals surface area contributed by atoms with Crippen molar-refractivity contribution in [3.05, 3.63) is 66.0 Å². The van der Waals surface area contributed by atoms with Gasteiger partial charge in [-0.25, -0.2) is 4.98 Å². The van der Waals surface area contributed by atoms with Crippen molar-refractivity contribution in [1.82, 2.24) is 14.8 Å². The molecule has 1 aliphatic rings. The largest absolute Gasteiger partial charge is 0.312 e. The second-order valence-corrected chi connectivity index (χ2v) is 8.77. The van der Waals surface area contributed by atoms with Gasteiger partial charge < -0.3 is 10.2 Å². The van der Waals surface area contributed by atoms with Crippen molar-refractivity contribution in [1.29, 1.82) is 0 Å². The Morgan fingerprint density at radius 3 is 2.48 bits per heavy atom. The number of rotatable bonds is 4. The Bertz CT molecular complexity index is 1080. The van der Waals surface area contributed by atoms with Gasteiger partial charge in [0.25, 0.3) is 5.91 Å². The Labute approximate surface area is 182 Å². The van der Waals surface area contributed by atoms with Crippen LogP contribution in [0.2, 0.25) is 0 Å². The molecule has 0 saturated carbocycles. The molecule has 0 unspecified atom stereocenters. The van der Waals surface area contributed by atoms with Crippen LogP contribution >= 0.6 is 0 Å². The number of anilines is 2. The van der Waals surface area contributed by atoms with Crippen LogP contribution in [-0.4, -0.2) is 33.1 Å². The number of carbonyl (C=O) groups is 2. The number of carbonyl (C=O) groups excluding carboxylic acids is 2. The molecule has 1 saturated heterocycles. The third-order valence-electron chi connectivity index (χ3n) is 5.35. The number of hydrogen-bond acceptors (Lipinski definition) is 4. The molecule has 0 bridgehead atoms. The molecule has 0 radical (unpaired) electrons. The third-order valence-corrected chi connectivity index (χ3v) is 5.35. The minimum atomic E-state index is -0.242. The minimum Gasteiger partial charge on any atom is -0.312 e. The van der Waals surface area contributed by atoms with E-state index in [-0.39, 0.29) is 17.2 Å². The number of aromatic nitrogens is 3. The molecule has 31 heavy (non-hydrogen) atoms. The van der Waals surface area contributed by atoms with E-state index in [2.05, 4.69) is 36.2 Å². The highest BCUT2D eigenvalue weighted by atomic mass is 16.2. The summed E-state index contributed by atoms with van der Waals surface area (Å²) in [7, 11) is 0. The van der Waals surface area contributed by atoms with Gasteiger partial charge >= 0.3 is 0 Å². The molecule has 1 aliphatic heterocycles. The van der Waals surface area contributed by atoms with Gasteiger partial charge in [0, 0.05) is 41.9 Å². The molecule has 2 aromatic heterocycles. The SMILES string of the molecule is CC(C)(C)c1cc(NC(=O)c2ccc(N3CCCCC3=O)cc2)n(-c2ccccn2)n1. The maximum atomic E-state index is 13.0. The Morgan fingerprint density at radius 2 is 1.84 bits per heavy atom. The molecule has 160 valence electrons. The van der Waals surface area contributed by atoms with Crippen molar-refractivity contribution < 1.29 is 9.59 Å². The summed E-state index contributed by atoms with van der Waals surface area (Å²) in [6.07, 6.45) is 4.22. The summed E-state index contributed by atoms with van der Waals surface area (Å²) in [5.41, 5.74) is 2.02. The van der Waals surface area contributed by atoms with Crippen LogP contribution in [0.1, 0.15) is 56.1 Å². The summed E-state index contributed by atoms with van der Waals surface area (Å²) in [5, 5.41) is 7.64. The predicted octanol–water partition coefficient (Wildman–Crippen LogP) is 4.33. The molecule has 2 amide bonds. The van der Waals surface area contributed by atoms with E-state index in [1.54, 1.807) is 27.9 Å². The molecule has 7 heteroatoms. The van der Waals surface area contributed by atoms with Crippen LogP contribution in [0.15, 0.2) is 54.7 Å². The zero-order chi connectivity index (χ0) is 22.0. The summed E-state index contributed by atoms with van der Waals surface area (Å²) in [4.78, 5) is 31.3. The maximum absolute atomic E-state index is 13.0. The lowest BCUT2D eigenvalue weighted by molar-refractivity contribution is -0.119. The summed E-state index contributed by atoms with van der Waals surface area (Å²) in [6.45, 7) is 6.95. The number of pyridine rings is 1. The molecule has 0 spiro atoms. The molecule has 1 N–H and O–H groups in total. The van der Waals surface area contributed by atoms with Crippen LogP contribution in [0.25, 0.3) is 5.82 Å². The second-order valence-electron chi connectivity index (χ2n) is 8.77. The molecular formula is C24H27N5O2. The van der Waals surface area contributed by atoms with E-state index >= 15 is 0 Å². The van der Waals surface area contributed by atoms with E-state index in [0.717, 1.165) is 30.8 Å². The topological polar surface area (TPSA) is 80.1 Å². The minimum absolute atomic E-state index is 0.137. The summed E-state index contributed by atoms with van der Waals surface area (Å²) in [6, 6.07) is 14.6. The zero-order valence-electron chi connectivity index (χ0n) is 18.1. The van der Waals surface area contributed by atoms with Crippen molar-refractivity contribution in [2.24, 2.45) is 0 Å². The van der Waals surface area contributed by atoms with Gasteiger partial charge in [0.1, 0.15) is 5.82 Å². The van der Waals surface area contributed by atoms with Crippen LogP contribution in [0, 0.1) is 0 Å². The van der Waals surface area contributed by atoms with Gasteiger partial charge in [0.05, 0.1) is 5.69 Å². The third kappa shape index (κ3) is 4.50. The lowest BCUT2D eigenvalue weighted by atomic mass is 9.92. The van der Waals surface area contributed by atoms with Gasteiger partial charge in [-0.2, -0.15) is 9.78 Å². The first-order chi connectivity index (χ1) is 14.8. The molecule has 0 atom stereocenters. The van der Waals surface area contributed by atoms with Crippen molar-refractivity contribution in [3.8, 4) is 5.82 Å². The van der Waals surface area contributed by atoms with Crippen molar-refractivity contribution in [2.45, 2.75) is 45.4 Å². The Hall–Kier alpha value is -3.48. The fraction of sp³-hybridized carbons (Fsp3) is 0.333. The van der Waals surface area contributed by atoms with Crippen LogP contribution in [0.3, 0.4) is 0 Å². The molecule has 1 aromatic carbocycles. The Balaban J connectivity index is 1.58. The maximum Gasteiger partial charge on any atom is 0.256 e. The molecule has 3 heterocycles. The number of piperidine rings is 1. The second kappa shape index (κ2) is 8.34. The van der Waals surface area contributed by atoms with Gasteiger partial charge in [0.2, 0.25) is 5.91 Å². The van der Waals surface area contributed by atoms with Gasteiger partial charge in [-0.1, -0.05) is 26.8 Å². The highest BCUT2D eigenvalue weighted by Gasteiger charge is 2.23. The smallest absolute Gasteiger partial charge is 0.256 e. The van der Waals surface area contributed by atoms with Gasteiger partial charge in [-0.3, -0.25) is 9.59 Å². The van der Waals surface area contributed by atoms with E-state index in [0.29, 0.717) is 23.6 Å². The van der Waals surface area contributed by atoms with Crippen LogP contribution in [0.5, 0.6) is 0 Å². The fourth-order valence-corrected chi connectivity index (χ4v) is 3.55. The van der Waals surface area contributed by atoms with Crippen molar-refractivity contribution in [3.63, 3.8) is 0 Å². The molecular weight excluding hydrogens is 390 g/mol. The number of hydrogen-bond donors (Lipinski definition) is 1. The first kappa shape index (κ1) is 20.8. The van der Waals surface area contributed by atoms with E-state index < -0.39 is 0 Å². The average molecular weight is 418 g/mol. The van der Waals surface area contributed by atoms with E-state index in [1.165, 1.54) is 0 Å². The first-order valence-corrected chi connectivity index (χ1v) is 10.6. The van der Waals surface area contributed by atoms with Crippen molar-refractivity contribution >= 4 is 23.3 Å². The molecule has 7 nitrogen and oxygen atoms in total. The summed E-state index contributed by atoms with van der Waals surface area (Å²) in [5.74, 6) is 1.09.